The van der Waals surface area contributed by atoms with Gasteiger partial charge in [-0.15, -0.1) is 12.4 Å². The first-order valence-electron chi connectivity index (χ1n) is 8.28. The van der Waals surface area contributed by atoms with Crippen LogP contribution in [-0.4, -0.2) is 36.5 Å². The number of nitrogens with zero attached hydrogens (tertiary/aromatic N) is 1. The number of carbonyl (C=O) groups excluding carboxylic acids is 1. The van der Waals surface area contributed by atoms with Crippen molar-refractivity contribution in [1.82, 2.24) is 10.2 Å². The van der Waals surface area contributed by atoms with Gasteiger partial charge in [-0.3, -0.25) is 4.79 Å². The van der Waals surface area contributed by atoms with Crippen LogP contribution in [0, 0.1) is 12.8 Å². The Labute approximate surface area is 139 Å². The molecule has 22 heavy (non-hydrogen) atoms. The fraction of sp³-hybridized carbons (Fsp3) is 0.611. The molecule has 2 aliphatic rings. The van der Waals surface area contributed by atoms with Crippen molar-refractivity contribution in [1.29, 1.82) is 0 Å². The standard InChI is InChI=1S/C18H26N2O.ClH/c1-14-4-6-15(7-5-14)11-17-3-2-10-20(17)18(21)13-19-12-16-8-9-16;/h4-7,16-17,19H,2-3,8-13H2,1H3;1H. The van der Waals surface area contributed by atoms with Crippen molar-refractivity contribution in [3.05, 3.63) is 35.4 Å². The van der Waals surface area contributed by atoms with Gasteiger partial charge in [-0.2, -0.15) is 0 Å². The van der Waals surface area contributed by atoms with Gasteiger partial charge in [-0.05, 0) is 57.1 Å². The van der Waals surface area contributed by atoms with Gasteiger partial charge in [0.05, 0.1) is 6.54 Å². The van der Waals surface area contributed by atoms with Crippen LogP contribution in [0.15, 0.2) is 24.3 Å². The first-order chi connectivity index (χ1) is 10.2. The zero-order chi connectivity index (χ0) is 14.7. The molecular weight excluding hydrogens is 296 g/mol. The maximum absolute atomic E-state index is 12.4. The third-order valence-corrected chi connectivity index (χ3v) is 4.70. The molecule has 1 heterocycles. The Hall–Kier alpha value is -1.06. The highest BCUT2D eigenvalue weighted by Crippen LogP contribution is 2.27. The molecule has 1 amide bonds. The highest BCUT2D eigenvalue weighted by molar-refractivity contribution is 5.85. The third kappa shape index (κ3) is 4.72. The predicted octanol–water partition coefficient (Wildman–Crippen LogP) is 2.95. The van der Waals surface area contributed by atoms with Gasteiger partial charge in [0.25, 0.3) is 0 Å². The highest BCUT2D eigenvalue weighted by Gasteiger charge is 2.29. The summed E-state index contributed by atoms with van der Waals surface area (Å²) in [6.45, 7) is 4.57. The number of benzene rings is 1. The van der Waals surface area contributed by atoms with Crippen molar-refractivity contribution in [2.75, 3.05) is 19.6 Å². The molecule has 1 aliphatic carbocycles. The molecule has 1 aliphatic heterocycles. The maximum atomic E-state index is 12.4. The van der Waals surface area contributed by atoms with Crippen LogP contribution < -0.4 is 5.32 Å². The molecule has 1 saturated carbocycles. The molecule has 0 aromatic heterocycles. The normalized spacial score (nSPS) is 20.8. The summed E-state index contributed by atoms with van der Waals surface area (Å²) in [5.41, 5.74) is 2.64. The van der Waals surface area contributed by atoms with Gasteiger partial charge in [-0.25, -0.2) is 0 Å². The van der Waals surface area contributed by atoms with E-state index in [2.05, 4.69) is 41.4 Å². The molecule has 0 bridgehead atoms. The lowest BCUT2D eigenvalue weighted by Crippen LogP contribution is -2.42. The van der Waals surface area contributed by atoms with Crippen LogP contribution >= 0.6 is 12.4 Å². The van der Waals surface area contributed by atoms with Gasteiger partial charge >= 0.3 is 0 Å². The van der Waals surface area contributed by atoms with E-state index in [-0.39, 0.29) is 18.3 Å². The van der Waals surface area contributed by atoms with Crippen molar-refractivity contribution in [3.8, 4) is 0 Å². The van der Waals surface area contributed by atoms with Crippen LogP contribution in [0.2, 0.25) is 0 Å². The van der Waals surface area contributed by atoms with Gasteiger partial charge in [-0.1, -0.05) is 29.8 Å². The molecule has 122 valence electrons. The van der Waals surface area contributed by atoms with Crippen LogP contribution in [0.25, 0.3) is 0 Å². The van der Waals surface area contributed by atoms with E-state index in [0.29, 0.717) is 12.6 Å². The minimum Gasteiger partial charge on any atom is -0.338 e. The Morgan fingerprint density at radius 2 is 1.95 bits per heavy atom. The third-order valence-electron chi connectivity index (χ3n) is 4.70. The fourth-order valence-electron chi connectivity index (χ4n) is 3.18. The van der Waals surface area contributed by atoms with Crippen LogP contribution in [0.3, 0.4) is 0 Å². The minimum absolute atomic E-state index is 0. The molecule has 1 atom stereocenters. The SMILES string of the molecule is Cc1ccc(CC2CCCN2C(=O)CNCC2CC2)cc1.Cl. The summed E-state index contributed by atoms with van der Waals surface area (Å²) < 4.78 is 0. The number of nitrogens with one attached hydrogen (secondary N) is 1. The topological polar surface area (TPSA) is 32.3 Å². The second kappa shape index (κ2) is 7.98. The van der Waals surface area contributed by atoms with E-state index < -0.39 is 0 Å². The number of amides is 1. The maximum Gasteiger partial charge on any atom is 0.236 e. The predicted molar refractivity (Wildman–Crippen MR) is 92.5 cm³/mol. The average Bonchev–Trinajstić information content (AvgIpc) is 3.18. The summed E-state index contributed by atoms with van der Waals surface area (Å²) in [4.78, 5) is 14.5. The number of aryl methyl sites for hydroxylation is 1. The van der Waals surface area contributed by atoms with Crippen molar-refractivity contribution in [3.63, 3.8) is 0 Å². The number of rotatable bonds is 6. The van der Waals surface area contributed by atoms with Crippen LogP contribution in [0.4, 0.5) is 0 Å². The molecule has 1 N–H and O–H groups in total. The second-order valence-corrected chi connectivity index (χ2v) is 6.65. The Bertz CT molecular complexity index is 484. The van der Waals surface area contributed by atoms with Gasteiger partial charge in [0.2, 0.25) is 5.91 Å². The van der Waals surface area contributed by atoms with Gasteiger partial charge in [0.1, 0.15) is 0 Å². The van der Waals surface area contributed by atoms with E-state index in [1.54, 1.807) is 0 Å². The van der Waals surface area contributed by atoms with E-state index in [0.717, 1.165) is 38.3 Å². The Kier molecular flexibility index (Phi) is 6.27. The number of likely N-dealkylation sites (tertiary alicyclic amines) is 1. The summed E-state index contributed by atoms with van der Waals surface area (Å²) in [7, 11) is 0. The molecule has 1 saturated heterocycles. The van der Waals surface area contributed by atoms with Crippen molar-refractivity contribution in [2.24, 2.45) is 5.92 Å². The largest absolute Gasteiger partial charge is 0.338 e. The van der Waals surface area contributed by atoms with Crippen LogP contribution in [0.1, 0.15) is 36.8 Å². The molecular formula is C18H27ClN2O. The minimum atomic E-state index is 0. The molecule has 2 fully saturated rings. The summed E-state index contributed by atoms with van der Waals surface area (Å²) in [6, 6.07) is 9.10. The van der Waals surface area contributed by atoms with E-state index in [1.165, 1.54) is 24.0 Å². The number of halogens is 1. The molecule has 0 spiro atoms. The summed E-state index contributed by atoms with van der Waals surface area (Å²) in [5.74, 6) is 1.12. The Morgan fingerprint density at radius 1 is 1.23 bits per heavy atom. The molecule has 3 nitrogen and oxygen atoms in total. The zero-order valence-electron chi connectivity index (χ0n) is 13.4. The van der Waals surface area contributed by atoms with Gasteiger partial charge in [0.15, 0.2) is 0 Å². The molecule has 3 rings (SSSR count). The Balaban J connectivity index is 0.00000176. The first kappa shape index (κ1) is 17.3. The fourth-order valence-corrected chi connectivity index (χ4v) is 3.18. The summed E-state index contributed by atoms with van der Waals surface area (Å²) >= 11 is 0. The quantitative estimate of drug-likeness (QED) is 0.873. The molecule has 1 aromatic carbocycles. The molecule has 4 heteroatoms. The average molecular weight is 323 g/mol. The van der Waals surface area contributed by atoms with Gasteiger partial charge in [0, 0.05) is 12.6 Å². The van der Waals surface area contributed by atoms with E-state index >= 15 is 0 Å². The number of hydrogen-bond acceptors (Lipinski definition) is 2. The lowest BCUT2D eigenvalue weighted by molar-refractivity contribution is -0.131. The molecule has 1 aromatic rings. The van der Waals surface area contributed by atoms with Gasteiger partial charge < -0.3 is 10.2 Å². The smallest absolute Gasteiger partial charge is 0.236 e. The number of hydrogen-bond donors (Lipinski definition) is 1. The zero-order valence-corrected chi connectivity index (χ0v) is 14.2. The van der Waals surface area contributed by atoms with Crippen LogP contribution in [-0.2, 0) is 11.2 Å². The lowest BCUT2D eigenvalue weighted by Gasteiger charge is -2.25. The molecule has 0 radical (unpaired) electrons. The first-order valence-corrected chi connectivity index (χ1v) is 8.28. The van der Waals surface area contributed by atoms with Crippen molar-refractivity contribution in [2.45, 2.75) is 45.1 Å². The number of carbonyl (C=O) groups is 1. The van der Waals surface area contributed by atoms with Crippen LogP contribution in [0.5, 0.6) is 0 Å². The molecule has 1 unspecified atom stereocenters. The summed E-state index contributed by atoms with van der Waals surface area (Å²) in [5, 5.41) is 3.32. The van der Waals surface area contributed by atoms with E-state index in [1.807, 2.05) is 0 Å². The van der Waals surface area contributed by atoms with Crippen molar-refractivity contribution >= 4 is 18.3 Å². The summed E-state index contributed by atoms with van der Waals surface area (Å²) in [6.07, 6.45) is 5.95. The highest BCUT2D eigenvalue weighted by atomic mass is 35.5. The van der Waals surface area contributed by atoms with E-state index in [9.17, 15) is 4.79 Å². The monoisotopic (exact) mass is 322 g/mol. The second-order valence-electron chi connectivity index (χ2n) is 6.65. The Morgan fingerprint density at radius 3 is 2.64 bits per heavy atom. The van der Waals surface area contributed by atoms with Crippen molar-refractivity contribution < 1.29 is 4.79 Å². The van der Waals surface area contributed by atoms with E-state index in [4.69, 9.17) is 0 Å². The lowest BCUT2D eigenvalue weighted by atomic mass is 10.0.